The van der Waals surface area contributed by atoms with Gasteiger partial charge in [0.15, 0.2) is 0 Å². The van der Waals surface area contributed by atoms with E-state index in [4.69, 9.17) is 0 Å². The Hall–Kier alpha value is -2.45. The molecule has 0 aliphatic heterocycles. The number of benzene rings is 1. The van der Waals surface area contributed by atoms with E-state index in [1.165, 1.54) is 12.1 Å². The molecule has 9 heteroatoms. The Bertz CT molecular complexity index is 596. The third kappa shape index (κ3) is 3.11. The van der Waals surface area contributed by atoms with Gasteiger partial charge < -0.3 is 5.32 Å². The summed E-state index contributed by atoms with van der Waals surface area (Å²) < 4.78 is 37.8. The van der Waals surface area contributed by atoms with Gasteiger partial charge in [0.25, 0.3) is 11.7 Å². The zero-order chi connectivity index (χ0) is 14.8. The molecule has 0 saturated carbocycles. The number of H-pyrrole nitrogens is 1. The number of nitrogens with one attached hydrogen (secondary N) is 2. The van der Waals surface area contributed by atoms with E-state index in [1.54, 1.807) is 6.92 Å². The van der Waals surface area contributed by atoms with Crippen LogP contribution in [0.25, 0.3) is 0 Å². The molecule has 6 nitrogen and oxygen atoms in total. The number of rotatable bonds is 3. The van der Waals surface area contributed by atoms with E-state index in [-0.39, 0.29) is 5.82 Å². The second-order valence-corrected chi connectivity index (χ2v) is 4.05. The molecule has 106 valence electrons. The van der Waals surface area contributed by atoms with E-state index in [0.717, 1.165) is 12.1 Å². The van der Waals surface area contributed by atoms with Gasteiger partial charge in [-0.1, -0.05) is 12.1 Å². The molecule has 1 atom stereocenters. The summed E-state index contributed by atoms with van der Waals surface area (Å²) in [7, 11) is 0. The van der Waals surface area contributed by atoms with Gasteiger partial charge in [-0.05, 0) is 29.8 Å². The molecular weight excluding hydrogens is 275 g/mol. The average Bonchev–Trinajstić information content (AvgIpc) is 2.91. The molecule has 0 fully saturated rings. The molecule has 0 radical (unpaired) electrons. The highest BCUT2D eigenvalue weighted by Gasteiger charge is 2.30. The smallest absolute Gasteiger partial charge is 0.343 e. The van der Waals surface area contributed by atoms with Crippen molar-refractivity contribution in [2.24, 2.45) is 0 Å². The summed E-state index contributed by atoms with van der Waals surface area (Å²) in [6, 6.07) is 4.12. The number of nitrogens with zero attached hydrogens (tertiary/aromatic N) is 3. The van der Waals surface area contributed by atoms with Crippen LogP contribution < -0.4 is 5.32 Å². The first-order valence-electron chi connectivity index (χ1n) is 5.59. The van der Waals surface area contributed by atoms with E-state index in [9.17, 15) is 18.0 Å². The van der Waals surface area contributed by atoms with Crippen molar-refractivity contribution in [1.82, 2.24) is 25.9 Å². The Morgan fingerprint density at radius 3 is 2.75 bits per heavy atom. The van der Waals surface area contributed by atoms with Crippen LogP contribution in [-0.4, -0.2) is 26.5 Å². The van der Waals surface area contributed by atoms with Crippen LogP contribution >= 0.6 is 0 Å². The topological polar surface area (TPSA) is 83.6 Å². The highest BCUT2D eigenvalue weighted by atomic mass is 19.4. The van der Waals surface area contributed by atoms with Crippen molar-refractivity contribution in [3.63, 3.8) is 0 Å². The third-order valence-corrected chi connectivity index (χ3v) is 2.61. The van der Waals surface area contributed by atoms with E-state index in [2.05, 4.69) is 25.9 Å². The number of carbonyl (C=O) groups excluding carboxylic acids is 1. The van der Waals surface area contributed by atoms with Crippen molar-refractivity contribution in [3.05, 3.63) is 41.2 Å². The first-order valence-corrected chi connectivity index (χ1v) is 5.59. The molecule has 0 saturated heterocycles. The summed E-state index contributed by atoms with van der Waals surface area (Å²) in [6.45, 7) is 1.56. The van der Waals surface area contributed by atoms with Crippen molar-refractivity contribution >= 4 is 5.91 Å². The van der Waals surface area contributed by atoms with Crippen molar-refractivity contribution in [2.45, 2.75) is 19.1 Å². The van der Waals surface area contributed by atoms with E-state index in [1.807, 2.05) is 0 Å². The van der Waals surface area contributed by atoms with E-state index >= 15 is 0 Å². The van der Waals surface area contributed by atoms with Crippen LogP contribution in [0.5, 0.6) is 0 Å². The first kappa shape index (κ1) is 14.0. The summed E-state index contributed by atoms with van der Waals surface area (Å²) in [5.74, 6) is -0.799. The Labute approximate surface area is 111 Å². The summed E-state index contributed by atoms with van der Waals surface area (Å²) >= 11 is 0. The van der Waals surface area contributed by atoms with Crippen LogP contribution in [0.4, 0.5) is 13.2 Å². The Morgan fingerprint density at radius 2 is 2.15 bits per heavy atom. The lowest BCUT2D eigenvalue weighted by atomic mass is 10.0. The number of aromatic nitrogens is 4. The fourth-order valence-corrected chi connectivity index (χ4v) is 1.59. The summed E-state index contributed by atoms with van der Waals surface area (Å²) in [5, 5.41) is 14.8. The largest absolute Gasteiger partial charge is 0.416 e. The Morgan fingerprint density at radius 1 is 1.40 bits per heavy atom. The summed E-state index contributed by atoms with van der Waals surface area (Å²) in [5.41, 5.74) is -0.438. The lowest BCUT2D eigenvalue weighted by Gasteiger charge is -2.15. The third-order valence-electron chi connectivity index (χ3n) is 2.61. The Balaban J connectivity index is 2.13. The van der Waals surface area contributed by atoms with Crippen molar-refractivity contribution in [2.75, 3.05) is 0 Å². The first-order chi connectivity index (χ1) is 9.38. The molecule has 0 aliphatic rings. The molecule has 2 aromatic rings. The molecule has 1 heterocycles. The number of tetrazole rings is 1. The van der Waals surface area contributed by atoms with Crippen LogP contribution in [0.3, 0.4) is 0 Å². The molecule has 1 unspecified atom stereocenters. The lowest BCUT2D eigenvalue weighted by molar-refractivity contribution is -0.137. The van der Waals surface area contributed by atoms with Gasteiger partial charge in [-0.15, -0.1) is 10.2 Å². The molecule has 1 aromatic heterocycles. The van der Waals surface area contributed by atoms with Crippen molar-refractivity contribution in [1.29, 1.82) is 0 Å². The predicted octanol–water partition coefficient (Wildman–Crippen LogP) is 1.71. The molecular formula is C11H10F3N5O. The fraction of sp³-hybridized carbons (Fsp3) is 0.273. The number of hydrogen-bond acceptors (Lipinski definition) is 4. The van der Waals surface area contributed by atoms with Crippen LogP contribution in [-0.2, 0) is 6.18 Å². The van der Waals surface area contributed by atoms with Gasteiger partial charge in [0.05, 0.1) is 11.6 Å². The van der Waals surface area contributed by atoms with Crippen molar-refractivity contribution < 1.29 is 18.0 Å². The van der Waals surface area contributed by atoms with Crippen LogP contribution in [0.2, 0.25) is 0 Å². The van der Waals surface area contributed by atoms with Gasteiger partial charge in [0.2, 0.25) is 0 Å². The standard InChI is InChI=1S/C11H10F3N5O/c1-6(15-10(20)9-16-18-19-17-9)7-3-2-4-8(5-7)11(12,13)14/h2-6H,1H3,(H,15,20)(H,16,17,18,19). The maximum atomic E-state index is 12.6. The van der Waals surface area contributed by atoms with Crippen molar-refractivity contribution in [3.8, 4) is 0 Å². The highest BCUT2D eigenvalue weighted by Crippen LogP contribution is 2.30. The summed E-state index contributed by atoms with van der Waals surface area (Å²) in [4.78, 5) is 11.7. The fourth-order valence-electron chi connectivity index (χ4n) is 1.59. The monoisotopic (exact) mass is 285 g/mol. The van der Waals surface area contributed by atoms with Gasteiger partial charge in [-0.25, -0.2) is 0 Å². The number of halogens is 3. The van der Waals surface area contributed by atoms with Crippen LogP contribution in [0, 0.1) is 0 Å². The molecule has 0 aliphatic carbocycles. The second kappa shape index (κ2) is 5.27. The molecule has 1 aromatic carbocycles. The second-order valence-electron chi connectivity index (χ2n) is 4.05. The van der Waals surface area contributed by atoms with Crippen LogP contribution in [0.15, 0.2) is 24.3 Å². The number of amides is 1. The minimum absolute atomic E-state index is 0.177. The average molecular weight is 285 g/mol. The maximum absolute atomic E-state index is 12.6. The Kier molecular flexibility index (Phi) is 3.68. The molecule has 0 spiro atoms. The normalized spacial score (nSPS) is 13.0. The highest BCUT2D eigenvalue weighted by molar-refractivity contribution is 5.90. The van der Waals surface area contributed by atoms with E-state index in [0.29, 0.717) is 5.56 Å². The molecule has 0 bridgehead atoms. The lowest BCUT2D eigenvalue weighted by Crippen LogP contribution is -2.27. The van der Waals surface area contributed by atoms with Gasteiger partial charge in [-0.2, -0.15) is 18.4 Å². The number of aromatic amines is 1. The molecule has 1 amide bonds. The molecule has 2 rings (SSSR count). The van der Waals surface area contributed by atoms with Gasteiger partial charge >= 0.3 is 6.18 Å². The molecule has 20 heavy (non-hydrogen) atoms. The summed E-state index contributed by atoms with van der Waals surface area (Å²) in [6.07, 6.45) is -4.42. The van der Waals surface area contributed by atoms with E-state index < -0.39 is 23.7 Å². The quantitative estimate of drug-likeness (QED) is 0.899. The predicted molar refractivity (Wildman–Crippen MR) is 61.5 cm³/mol. The minimum atomic E-state index is -4.42. The number of carbonyl (C=O) groups is 1. The van der Waals surface area contributed by atoms with Crippen LogP contribution in [0.1, 0.15) is 34.7 Å². The van der Waals surface area contributed by atoms with Gasteiger partial charge in [0, 0.05) is 0 Å². The maximum Gasteiger partial charge on any atom is 0.416 e. The van der Waals surface area contributed by atoms with Gasteiger partial charge in [0.1, 0.15) is 0 Å². The zero-order valence-electron chi connectivity index (χ0n) is 10.3. The minimum Gasteiger partial charge on any atom is -0.343 e. The SMILES string of the molecule is CC(NC(=O)c1nn[nH]n1)c1cccc(C(F)(F)F)c1. The molecule has 2 N–H and O–H groups in total. The zero-order valence-corrected chi connectivity index (χ0v) is 10.3. The van der Waals surface area contributed by atoms with Gasteiger partial charge in [-0.3, -0.25) is 4.79 Å². The number of hydrogen-bond donors (Lipinski definition) is 2. The number of alkyl halides is 3.